The van der Waals surface area contributed by atoms with Crippen molar-refractivity contribution in [2.45, 2.75) is 26.3 Å². The summed E-state index contributed by atoms with van der Waals surface area (Å²) < 4.78 is 2.14. The van der Waals surface area contributed by atoms with Crippen LogP contribution < -0.4 is 0 Å². The number of amides is 1. The maximum absolute atomic E-state index is 13.1. The van der Waals surface area contributed by atoms with Crippen LogP contribution in [-0.4, -0.2) is 48.4 Å². The number of pyridine rings is 2. The zero-order chi connectivity index (χ0) is 23.5. The van der Waals surface area contributed by atoms with E-state index in [9.17, 15) is 4.79 Å². The van der Waals surface area contributed by atoms with Gasteiger partial charge in [-0.1, -0.05) is 18.2 Å². The second kappa shape index (κ2) is 7.63. The number of para-hydroxylation sites is 1. The van der Waals surface area contributed by atoms with Gasteiger partial charge in [-0.15, -0.1) is 0 Å². The van der Waals surface area contributed by atoms with Crippen LogP contribution in [0.2, 0.25) is 0 Å². The monoisotopic (exact) mass is 460 g/mol. The van der Waals surface area contributed by atoms with Crippen LogP contribution >= 0.6 is 0 Å². The predicted molar refractivity (Wildman–Crippen MR) is 138 cm³/mol. The lowest BCUT2D eigenvalue weighted by Crippen LogP contribution is -2.31. The Morgan fingerprint density at radius 2 is 1.57 bits per heavy atom. The summed E-state index contributed by atoms with van der Waals surface area (Å²) in [6, 6.07) is 16.3. The minimum absolute atomic E-state index is 0.177. The first kappa shape index (κ1) is 20.1. The number of hydrogen-bond donors (Lipinski definition) is 1. The average molecular weight is 461 g/mol. The first-order chi connectivity index (χ1) is 17.2. The number of H-pyrrole nitrogens is 1. The summed E-state index contributed by atoms with van der Waals surface area (Å²) in [7, 11) is 0. The minimum atomic E-state index is 0.177. The van der Waals surface area contributed by atoms with E-state index in [0.29, 0.717) is 6.54 Å². The number of nitrogens with one attached hydrogen (secondary N) is 1. The van der Waals surface area contributed by atoms with Crippen molar-refractivity contribution in [1.82, 2.24) is 29.4 Å². The zero-order valence-electron chi connectivity index (χ0n) is 19.5. The van der Waals surface area contributed by atoms with Gasteiger partial charge in [0.25, 0.3) is 0 Å². The molecule has 7 rings (SSSR count). The van der Waals surface area contributed by atoms with Crippen LogP contribution in [0.1, 0.15) is 18.5 Å². The van der Waals surface area contributed by atoms with E-state index in [2.05, 4.69) is 44.6 Å². The van der Waals surface area contributed by atoms with Crippen LogP contribution in [-0.2, 0) is 11.3 Å². The van der Waals surface area contributed by atoms with Gasteiger partial charge in [0.2, 0.25) is 5.91 Å². The van der Waals surface area contributed by atoms with Gasteiger partial charge in [-0.25, -0.2) is 4.98 Å². The number of benzene rings is 2. The van der Waals surface area contributed by atoms with Gasteiger partial charge in [-0.05, 0) is 50.1 Å². The molecule has 4 aromatic heterocycles. The SMILES string of the molecule is Cc1c(-c2nc3c4cccnc4c4ncccc4c3[nH]2)c2ccccc2n1CC(=O)N1CCCC1. The fourth-order valence-corrected chi connectivity index (χ4v) is 5.60. The normalized spacial score (nSPS) is 14.1. The van der Waals surface area contributed by atoms with Crippen molar-refractivity contribution in [3.8, 4) is 11.4 Å². The third kappa shape index (κ3) is 2.97. The molecule has 1 amide bonds. The van der Waals surface area contributed by atoms with Crippen LogP contribution in [0.4, 0.5) is 0 Å². The number of nitrogens with zero attached hydrogens (tertiary/aromatic N) is 5. The molecular formula is C28H24N6O. The maximum Gasteiger partial charge on any atom is 0.242 e. The topological polar surface area (TPSA) is 79.7 Å². The maximum atomic E-state index is 13.1. The lowest BCUT2D eigenvalue weighted by atomic mass is 10.1. The van der Waals surface area contributed by atoms with Crippen molar-refractivity contribution in [2.75, 3.05) is 13.1 Å². The molecule has 1 saturated heterocycles. The Morgan fingerprint density at radius 3 is 2.37 bits per heavy atom. The number of likely N-dealkylation sites (tertiary alicyclic amines) is 1. The van der Waals surface area contributed by atoms with E-state index in [1.807, 2.05) is 35.2 Å². The van der Waals surface area contributed by atoms with E-state index in [4.69, 9.17) is 4.98 Å². The van der Waals surface area contributed by atoms with Gasteiger partial charge in [0.05, 0.1) is 22.1 Å². The summed E-state index contributed by atoms with van der Waals surface area (Å²) in [6.07, 6.45) is 5.78. The summed E-state index contributed by atoms with van der Waals surface area (Å²) in [6.45, 7) is 4.14. The molecule has 0 saturated carbocycles. The Balaban J connectivity index is 1.47. The van der Waals surface area contributed by atoms with Crippen LogP contribution in [0.3, 0.4) is 0 Å². The summed E-state index contributed by atoms with van der Waals surface area (Å²) >= 11 is 0. The first-order valence-corrected chi connectivity index (χ1v) is 12.1. The number of rotatable bonds is 3. The van der Waals surface area contributed by atoms with Gasteiger partial charge in [0, 0.05) is 58.4 Å². The van der Waals surface area contributed by atoms with E-state index >= 15 is 0 Å². The third-order valence-corrected chi connectivity index (χ3v) is 7.29. The molecule has 6 aromatic rings. The van der Waals surface area contributed by atoms with Gasteiger partial charge >= 0.3 is 0 Å². The standard InChI is InChI=1S/C28H24N6O/c1-17-23(18-8-2-3-11-21(18)34(17)16-22(35)33-14-4-5-15-33)28-31-26-19-9-6-12-29-24(19)25-20(27(26)32-28)10-7-13-30-25/h2-3,6-13H,4-5,14-16H2,1H3,(H,31,32). The summed E-state index contributed by atoms with van der Waals surface area (Å²) in [4.78, 5) is 33.0. The number of aromatic amines is 1. The van der Waals surface area contributed by atoms with E-state index in [-0.39, 0.29) is 5.91 Å². The molecule has 35 heavy (non-hydrogen) atoms. The smallest absolute Gasteiger partial charge is 0.242 e. The Labute approximate surface area is 201 Å². The Kier molecular flexibility index (Phi) is 4.39. The Morgan fingerprint density at radius 1 is 0.886 bits per heavy atom. The highest BCUT2D eigenvalue weighted by Gasteiger charge is 2.24. The van der Waals surface area contributed by atoms with Crippen LogP contribution in [0.15, 0.2) is 60.9 Å². The molecule has 5 heterocycles. The molecule has 0 atom stereocenters. The van der Waals surface area contributed by atoms with Crippen LogP contribution in [0, 0.1) is 6.92 Å². The van der Waals surface area contributed by atoms with Crippen molar-refractivity contribution in [3.05, 3.63) is 66.6 Å². The summed E-state index contributed by atoms with van der Waals surface area (Å²) in [5.41, 5.74) is 6.65. The molecule has 2 aromatic carbocycles. The highest BCUT2D eigenvalue weighted by Crippen LogP contribution is 2.37. The molecule has 0 aliphatic carbocycles. The molecule has 7 nitrogen and oxygen atoms in total. The fraction of sp³-hybridized carbons (Fsp3) is 0.214. The second-order valence-electron chi connectivity index (χ2n) is 9.26. The van der Waals surface area contributed by atoms with E-state index < -0.39 is 0 Å². The number of imidazole rings is 1. The van der Waals surface area contributed by atoms with E-state index in [1.165, 1.54) is 0 Å². The average Bonchev–Trinajstić information content (AvgIpc) is 3.63. The lowest BCUT2D eigenvalue weighted by Gasteiger charge is -2.17. The Hall–Kier alpha value is -4.26. The summed E-state index contributed by atoms with van der Waals surface area (Å²) in [5, 5.41) is 3.06. The van der Waals surface area contributed by atoms with E-state index in [1.54, 1.807) is 12.4 Å². The number of hydrogen-bond acceptors (Lipinski definition) is 4. The largest absolute Gasteiger partial charge is 0.341 e. The molecule has 0 spiro atoms. The minimum Gasteiger partial charge on any atom is -0.341 e. The quantitative estimate of drug-likeness (QED) is 0.368. The molecule has 0 bridgehead atoms. The number of fused-ring (bicyclic) bond motifs is 7. The van der Waals surface area contributed by atoms with Crippen molar-refractivity contribution < 1.29 is 4.79 Å². The molecular weight excluding hydrogens is 436 g/mol. The van der Waals surface area contributed by atoms with E-state index in [0.717, 1.165) is 86.8 Å². The number of carbonyl (C=O) groups is 1. The molecule has 1 aliphatic rings. The van der Waals surface area contributed by atoms with Gasteiger partial charge in [-0.2, -0.15) is 0 Å². The molecule has 1 aliphatic heterocycles. The molecule has 7 heteroatoms. The molecule has 1 fully saturated rings. The van der Waals surface area contributed by atoms with Crippen molar-refractivity contribution in [1.29, 1.82) is 0 Å². The number of aromatic nitrogens is 5. The lowest BCUT2D eigenvalue weighted by molar-refractivity contribution is -0.130. The fourth-order valence-electron chi connectivity index (χ4n) is 5.60. The van der Waals surface area contributed by atoms with Crippen molar-refractivity contribution in [3.63, 3.8) is 0 Å². The van der Waals surface area contributed by atoms with Crippen LogP contribution in [0.25, 0.3) is 55.1 Å². The van der Waals surface area contributed by atoms with Gasteiger partial charge in [-0.3, -0.25) is 14.8 Å². The van der Waals surface area contributed by atoms with Gasteiger partial charge in [0.1, 0.15) is 12.4 Å². The predicted octanol–water partition coefficient (Wildman–Crippen LogP) is 5.21. The van der Waals surface area contributed by atoms with Gasteiger partial charge in [0.15, 0.2) is 0 Å². The Bertz CT molecular complexity index is 1700. The van der Waals surface area contributed by atoms with Crippen molar-refractivity contribution >= 4 is 49.6 Å². The highest BCUT2D eigenvalue weighted by atomic mass is 16.2. The number of carbonyl (C=O) groups excluding carboxylic acids is 1. The van der Waals surface area contributed by atoms with Crippen LogP contribution in [0.5, 0.6) is 0 Å². The first-order valence-electron chi connectivity index (χ1n) is 12.1. The molecule has 1 N–H and O–H groups in total. The second-order valence-corrected chi connectivity index (χ2v) is 9.26. The van der Waals surface area contributed by atoms with Gasteiger partial charge < -0.3 is 14.5 Å². The van der Waals surface area contributed by atoms with Crippen molar-refractivity contribution in [2.24, 2.45) is 0 Å². The summed E-state index contributed by atoms with van der Waals surface area (Å²) in [5.74, 6) is 0.972. The molecule has 0 radical (unpaired) electrons. The molecule has 172 valence electrons. The third-order valence-electron chi connectivity index (χ3n) is 7.29. The zero-order valence-corrected chi connectivity index (χ0v) is 19.5. The molecule has 0 unspecified atom stereocenters. The highest BCUT2D eigenvalue weighted by molar-refractivity contribution is 6.21.